The van der Waals surface area contributed by atoms with Crippen molar-refractivity contribution in [2.24, 2.45) is 0 Å². The van der Waals surface area contributed by atoms with Crippen LogP contribution in [0.4, 0.5) is 5.82 Å². The minimum absolute atomic E-state index is 0.716. The molecule has 1 aromatic rings. The molecular weight excluding hydrogens is 132 g/mol. The Kier molecular flexibility index (Phi) is 1.10. The third-order valence-corrected chi connectivity index (χ3v) is 1.16. The van der Waals surface area contributed by atoms with E-state index in [-0.39, 0.29) is 0 Å². The van der Waals surface area contributed by atoms with Crippen molar-refractivity contribution in [2.45, 2.75) is 0 Å². The van der Waals surface area contributed by atoms with Gasteiger partial charge in [0.1, 0.15) is 12.5 Å². The van der Waals surface area contributed by atoms with Crippen LogP contribution in [-0.2, 0) is 4.74 Å². The van der Waals surface area contributed by atoms with Crippen molar-refractivity contribution in [1.82, 2.24) is 5.16 Å². The number of aromatic nitrogens is 1. The van der Waals surface area contributed by atoms with Crippen molar-refractivity contribution in [3.8, 4) is 0 Å². The smallest absolute Gasteiger partial charge is 0.233 e. The molecule has 2 rings (SSSR count). The molecule has 4 heteroatoms. The van der Waals surface area contributed by atoms with E-state index < -0.39 is 0 Å². The molecule has 4 nitrogen and oxygen atoms in total. The van der Waals surface area contributed by atoms with Crippen LogP contribution in [0.5, 0.6) is 0 Å². The van der Waals surface area contributed by atoms with Crippen molar-refractivity contribution >= 4 is 5.82 Å². The average Bonchev–Trinajstić information content (AvgIpc) is 2.59. The van der Waals surface area contributed by atoms with Gasteiger partial charge in [0.15, 0.2) is 5.82 Å². The second-order valence-electron chi connectivity index (χ2n) is 1.79. The number of ether oxygens (including phenoxy) is 1. The SMILES string of the molecule is [CH]1OC=CN1c1ccon1. The number of rotatable bonds is 1. The quantitative estimate of drug-likeness (QED) is 0.581. The van der Waals surface area contributed by atoms with E-state index in [2.05, 4.69) is 9.68 Å². The summed E-state index contributed by atoms with van der Waals surface area (Å²) in [5.74, 6) is 0.716. The van der Waals surface area contributed by atoms with Crippen LogP contribution < -0.4 is 4.90 Å². The Morgan fingerprint density at radius 1 is 1.50 bits per heavy atom. The van der Waals surface area contributed by atoms with Crippen molar-refractivity contribution in [3.63, 3.8) is 0 Å². The number of hydrogen-bond acceptors (Lipinski definition) is 4. The summed E-state index contributed by atoms with van der Waals surface area (Å²) in [7, 11) is 0. The summed E-state index contributed by atoms with van der Waals surface area (Å²) in [6.07, 6.45) is 4.82. The molecule has 1 aromatic heterocycles. The third-order valence-electron chi connectivity index (χ3n) is 1.16. The van der Waals surface area contributed by atoms with Crippen LogP contribution in [-0.4, -0.2) is 5.16 Å². The Morgan fingerprint density at radius 3 is 3.10 bits per heavy atom. The zero-order valence-corrected chi connectivity index (χ0v) is 5.10. The largest absolute Gasteiger partial charge is 0.470 e. The summed E-state index contributed by atoms with van der Waals surface area (Å²) in [5, 5.41) is 3.69. The highest BCUT2D eigenvalue weighted by molar-refractivity contribution is 5.42. The van der Waals surface area contributed by atoms with Gasteiger partial charge >= 0.3 is 0 Å². The lowest BCUT2D eigenvalue weighted by atomic mass is 10.6. The number of hydrogen-bond donors (Lipinski definition) is 0. The lowest BCUT2D eigenvalue weighted by Gasteiger charge is -2.05. The minimum Gasteiger partial charge on any atom is -0.470 e. The van der Waals surface area contributed by atoms with Gasteiger partial charge in [-0.2, -0.15) is 0 Å². The first-order valence-electron chi connectivity index (χ1n) is 2.81. The number of nitrogens with zero attached hydrogens (tertiary/aromatic N) is 2. The van der Waals surface area contributed by atoms with Crippen LogP contribution in [0.1, 0.15) is 0 Å². The molecular formula is C6H5N2O2. The standard InChI is InChI=1S/C6H5N2O2/c1-3-10-7-6(1)8-2-4-9-5-8/h1-5H. The Labute approximate surface area is 57.7 Å². The Balaban J connectivity index is 2.20. The first kappa shape index (κ1) is 5.34. The predicted octanol–water partition coefficient (Wildman–Crippen LogP) is 1.10. The van der Waals surface area contributed by atoms with E-state index >= 15 is 0 Å². The molecule has 0 saturated heterocycles. The molecule has 0 amide bonds. The van der Waals surface area contributed by atoms with Crippen molar-refractivity contribution in [1.29, 1.82) is 0 Å². The average molecular weight is 137 g/mol. The monoisotopic (exact) mass is 137 g/mol. The van der Waals surface area contributed by atoms with Gasteiger partial charge in [-0.1, -0.05) is 5.16 Å². The molecule has 10 heavy (non-hydrogen) atoms. The van der Waals surface area contributed by atoms with Gasteiger partial charge in [-0.25, -0.2) is 0 Å². The van der Waals surface area contributed by atoms with Crippen LogP contribution in [0.2, 0.25) is 0 Å². The van der Waals surface area contributed by atoms with E-state index in [1.54, 1.807) is 23.4 Å². The van der Waals surface area contributed by atoms with E-state index in [1.165, 1.54) is 13.0 Å². The summed E-state index contributed by atoms with van der Waals surface area (Å²) in [6.45, 7) is 1.54. The minimum atomic E-state index is 0.716. The Morgan fingerprint density at radius 2 is 2.50 bits per heavy atom. The molecule has 0 N–H and O–H groups in total. The van der Waals surface area contributed by atoms with Crippen LogP contribution in [0.25, 0.3) is 0 Å². The molecule has 0 saturated carbocycles. The molecule has 1 aliphatic heterocycles. The van der Waals surface area contributed by atoms with Gasteiger partial charge in [-0.15, -0.1) is 0 Å². The first-order chi connectivity index (χ1) is 4.97. The predicted molar refractivity (Wildman–Crippen MR) is 33.5 cm³/mol. The molecule has 0 aromatic carbocycles. The van der Waals surface area contributed by atoms with Crippen molar-refractivity contribution in [3.05, 3.63) is 31.5 Å². The molecule has 0 fully saturated rings. The van der Waals surface area contributed by atoms with Crippen molar-refractivity contribution in [2.75, 3.05) is 4.90 Å². The zero-order valence-electron chi connectivity index (χ0n) is 5.10. The van der Waals surface area contributed by atoms with Crippen LogP contribution in [0, 0.1) is 6.73 Å². The molecule has 2 heterocycles. The van der Waals surface area contributed by atoms with E-state index in [4.69, 9.17) is 4.74 Å². The van der Waals surface area contributed by atoms with Crippen molar-refractivity contribution < 1.29 is 9.26 Å². The normalized spacial score (nSPS) is 15.8. The zero-order chi connectivity index (χ0) is 6.81. The summed E-state index contributed by atoms with van der Waals surface area (Å²) < 4.78 is 9.45. The van der Waals surface area contributed by atoms with Gasteiger partial charge in [0.05, 0.1) is 0 Å². The van der Waals surface area contributed by atoms with E-state index in [0.29, 0.717) is 5.82 Å². The second-order valence-corrected chi connectivity index (χ2v) is 1.79. The summed E-state index contributed by atoms with van der Waals surface area (Å²) in [4.78, 5) is 1.71. The highest BCUT2D eigenvalue weighted by Gasteiger charge is 2.10. The molecule has 0 atom stereocenters. The molecule has 0 spiro atoms. The highest BCUT2D eigenvalue weighted by atomic mass is 16.5. The van der Waals surface area contributed by atoms with Gasteiger partial charge < -0.3 is 9.26 Å². The highest BCUT2D eigenvalue weighted by Crippen LogP contribution is 2.16. The first-order valence-corrected chi connectivity index (χ1v) is 2.81. The molecule has 0 unspecified atom stereocenters. The fraction of sp³-hybridized carbons (Fsp3) is 0. The van der Waals surface area contributed by atoms with Gasteiger partial charge in [-0.05, 0) is 0 Å². The van der Waals surface area contributed by atoms with E-state index in [0.717, 1.165) is 0 Å². The van der Waals surface area contributed by atoms with Crippen LogP contribution >= 0.6 is 0 Å². The molecule has 1 aliphatic rings. The fourth-order valence-electron chi connectivity index (χ4n) is 0.706. The summed E-state index contributed by atoms with van der Waals surface area (Å²) in [6, 6.07) is 1.75. The van der Waals surface area contributed by atoms with E-state index in [1.807, 2.05) is 0 Å². The summed E-state index contributed by atoms with van der Waals surface area (Å²) in [5.41, 5.74) is 0. The second kappa shape index (κ2) is 2.06. The maximum atomic E-state index is 4.82. The van der Waals surface area contributed by atoms with Gasteiger partial charge in [0.2, 0.25) is 6.73 Å². The lowest BCUT2D eigenvalue weighted by Crippen LogP contribution is -2.07. The van der Waals surface area contributed by atoms with E-state index in [9.17, 15) is 0 Å². The molecule has 0 bridgehead atoms. The molecule has 0 aliphatic carbocycles. The topological polar surface area (TPSA) is 38.5 Å². The van der Waals surface area contributed by atoms with Gasteiger partial charge in [0.25, 0.3) is 0 Å². The van der Waals surface area contributed by atoms with Crippen LogP contribution in [0.15, 0.2) is 29.3 Å². The molecule has 51 valence electrons. The van der Waals surface area contributed by atoms with Crippen LogP contribution in [0.3, 0.4) is 0 Å². The lowest BCUT2D eigenvalue weighted by molar-refractivity contribution is 0.353. The Hall–Kier alpha value is -1.45. The van der Waals surface area contributed by atoms with Gasteiger partial charge in [-0.3, -0.25) is 4.90 Å². The third kappa shape index (κ3) is 0.737. The number of anilines is 1. The van der Waals surface area contributed by atoms with Gasteiger partial charge in [0, 0.05) is 12.3 Å². The summed E-state index contributed by atoms with van der Waals surface area (Å²) >= 11 is 0. The maximum Gasteiger partial charge on any atom is 0.233 e. The molecule has 1 radical (unpaired) electrons. The maximum absolute atomic E-state index is 4.82. The fourth-order valence-corrected chi connectivity index (χ4v) is 0.706. The Bertz CT molecular complexity index is 230.